The Morgan fingerprint density at radius 3 is 2.32 bits per heavy atom. The van der Waals surface area contributed by atoms with Gasteiger partial charge in [0.2, 0.25) is 0 Å². The second kappa shape index (κ2) is 6.07. The first-order valence-corrected chi connectivity index (χ1v) is 7.82. The summed E-state index contributed by atoms with van der Waals surface area (Å²) in [4.78, 5) is 11.4. The van der Waals surface area contributed by atoms with Gasteiger partial charge in [0.1, 0.15) is 5.75 Å². The molecule has 0 heterocycles. The second-order valence-electron chi connectivity index (χ2n) is 4.64. The summed E-state index contributed by atoms with van der Waals surface area (Å²) in [6.45, 7) is 1.85. The molecule has 0 unspecified atom stereocenters. The van der Waals surface area contributed by atoms with Gasteiger partial charge in [0, 0.05) is 0 Å². The molecule has 7 heteroatoms. The van der Waals surface area contributed by atoms with Gasteiger partial charge < -0.3 is 9.84 Å². The van der Waals surface area contributed by atoms with Crippen LogP contribution in [0.3, 0.4) is 0 Å². The highest BCUT2D eigenvalue weighted by Gasteiger charge is 2.17. The number of ether oxygens (including phenoxy) is 1. The van der Waals surface area contributed by atoms with Crippen LogP contribution in [0.5, 0.6) is 5.75 Å². The molecule has 0 fully saturated rings. The number of aryl methyl sites for hydroxylation is 1. The van der Waals surface area contributed by atoms with Crippen molar-refractivity contribution in [1.29, 1.82) is 0 Å². The Hall–Kier alpha value is -2.54. The standard InChI is InChI=1S/C15H15NO5S/c1-10-3-6-12(7-4-10)22(19,20)16-13-8-5-11(9-14(13)17)15(18)21-2/h3-9,16-17H,1-2H3. The lowest BCUT2D eigenvalue weighted by Crippen LogP contribution is -2.13. The van der Waals surface area contributed by atoms with Crippen molar-refractivity contribution in [1.82, 2.24) is 0 Å². The fourth-order valence-corrected chi connectivity index (χ4v) is 2.86. The molecule has 0 aromatic heterocycles. The fraction of sp³-hybridized carbons (Fsp3) is 0.133. The molecule has 0 aliphatic heterocycles. The third kappa shape index (κ3) is 3.37. The van der Waals surface area contributed by atoms with Gasteiger partial charge in [0.05, 0.1) is 23.3 Å². The van der Waals surface area contributed by atoms with Crippen molar-refractivity contribution in [2.24, 2.45) is 0 Å². The minimum absolute atomic E-state index is 0.0202. The average Bonchev–Trinajstić information content (AvgIpc) is 2.48. The molecule has 22 heavy (non-hydrogen) atoms. The van der Waals surface area contributed by atoms with E-state index in [-0.39, 0.29) is 21.9 Å². The zero-order valence-electron chi connectivity index (χ0n) is 12.0. The number of carbonyl (C=O) groups excluding carboxylic acids is 1. The molecular formula is C15H15NO5S. The van der Waals surface area contributed by atoms with Crippen LogP contribution in [0.15, 0.2) is 47.4 Å². The molecule has 0 spiro atoms. The number of aromatic hydroxyl groups is 1. The van der Waals surface area contributed by atoms with Crippen LogP contribution in [0.25, 0.3) is 0 Å². The van der Waals surface area contributed by atoms with Crippen molar-refractivity contribution in [3.63, 3.8) is 0 Å². The Morgan fingerprint density at radius 2 is 1.77 bits per heavy atom. The number of nitrogens with one attached hydrogen (secondary N) is 1. The van der Waals surface area contributed by atoms with Crippen LogP contribution in [-0.2, 0) is 14.8 Å². The van der Waals surface area contributed by atoms with Crippen molar-refractivity contribution >= 4 is 21.7 Å². The molecule has 116 valence electrons. The molecule has 0 saturated carbocycles. The highest BCUT2D eigenvalue weighted by Crippen LogP contribution is 2.27. The van der Waals surface area contributed by atoms with E-state index in [4.69, 9.17) is 0 Å². The number of methoxy groups -OCH3 is 1. The monoisotopic (exact) mass is 321 g/mol. The van der Waals surface area contributed by atoms with Crippen molar-refractivity contribution in [3.05, 3.63) is 53.6 Å². The molecule has 2 rings (SSSR count). The lowest BCUT2D eigenvalue weighted by atomic mass is 10.2. The van der Waals surface area contributed by atoms with E-state index in [1.807, 2.05) is 6.92 Å². The van der Waals surface area contributed by atoms with Gasteiger partial charge in [-0.2, -0.15) is 0 Å². The smallest absolute Gasteiger partial charge is 0.337 e. The number of esters is 1. The van der Waals surface area contributed by atoms with Crippen LogP contribution in [0, 0.1) is 6.92 Å². The van der Waals surface area contributed by atoms with Crippen LogP contribution in [0.4, 0.5) is 5.69 Å². The average molecular weight is 321 g/mol. The Morgan fingerprint density at radius 1 is 1.14 bits per heavy atom. The third-order valence-electron chi connectivity index (χ3n) is 2.99. The first kappa shape index (κ1) is 15.8. The van der Waals surface area contributed by atoms with E-state index in [2.05, 4.69) is 9.46 Å². The van der Waals surface area contributed by atoms with Gasteiger partial charge in [-0.05, 0) is 37.3 Å². The van der Waals surface area contributed by atoms with E-state index in [1.54, 1.807) is 12.1 Å². The van der Waals surface area contributed by atoms with Crippen molar-refractivity contribution in [3.8, 4) is 5.75 Å². The number of rotatable bonds is 4. The summed E-state index contributed by atoms with van der Waals surface area (Å²) in [5, 5.41) is 9.86. The Labute approximate surface area is 128 Å². The normalized spacial score (nSPS) is 11.0. The van der Waals surface area contributed by atoms with Gasteiger partial charge in [-0.1, -0.05) is 17.7 Å². The highest BCUT2D eigenvalue weighted by atomic mass is 32.2. The number of phenols is 1. The molecule has 0 bridgehead atoms. The highest BCUT2D eigenvalue weighted by molar-refractivity contribution is 7.92. The molecule has 0 aliphatic carbocycles. The van der Waals surface area contributed by atoms with Crippen molar-refractivity contribution < 1.29 is 23.1 Å². The maximum absolute atomic E-state index is 12.2. The molecule has 0 saturated heterocycles. The van der Waals surface area contributed by atoms with Crippen molar-refractivity contribution in [2.45, 2.75) is 11.8 Å². The van der Waals surface area contributed by atoms with Gasteiger partial charge in [-0.15, -0.1) is 0 Å². The predicted molar refractivity (Wildman–Crippen MR) is 81.4 cm³/mol. The number of anilines is 1. The van der Waals surface area contributed by atoms with Crippen LogP contribution in [0.1, 0.15) is 15.9 Å². The summed E-state index contributed by atoms with van der Waals surface area (Å²) in [5.41, 5.74) is 1.04. The lowest BCUT2D eigenvalue weighted by molar-refractivity contribution is 0.0600. The van der Waals surface area contributed by atoms with Crippen LogP contribution in [0.2, 0.25) is 0 Å². The van der Waals surface area contributed by atoms with Crippen LogP contribution in [-0.4, -0.2) is 26.6 Å². The van der Waals surface area contributed by atoms with Gasteiger partial charge in [-0.25, -0.2) is 13.2 Å². The van der Waals surface area contributed by atoms with E-state index >= 15 is 0 Å². The number of sulfonamides is 1. The lowest BCUT2D eigenvalue weighted by Gasteiger charge is -2.10. The Bertz CT molecular complexity index is 797. The van der Waals surface area contributed by atoms with E-state index < -0.39 is 16.0 Å². The SMILES string of the molecule is COC(=O)c1ccc(NS(=O)(=O)c2ccc(C)cc2)c(O)c1. The molecular weight excluding hydrogens is 306 g/mol. The number of carbonyl (C=O) groups is 1. The van der Waals surface area contributed by atoms with Gasteiger partial charge in [0.25, 0.3) is 10.0 Å². The molecule has 0 amide bonds. The Kier molecular flexibility index (Phi) is 4.37. The van der Waals surface area contributed by atoms with E-state index in [0.29, 0.717) is 0 Å². The summed E-state index contributed by atoms with van der Waals surface area (Å²) in [7, 11) is -2.60. The molecule has 2 aromatic carbocycles. The number of hydrogen-bond donors (Lipinski definition) is 2. The summed E-state index contributed by atoms with van der Waals surface area (Å²) in [6, 6.07) is 10.1. The van der Waals surface area contributed by atoms with Crippen LogP contribution < -0.4 is 4.72 Å². The third-order valence-corrected chi connectivity index (χ3v) is 4.38. The molecule has 0 radical (unpaired) electrons. The largest absolute Gasteiger partial charge is 0.506 e. The van der Waals surface area contributed by atoms with Gasteiger partial charge in [0.15, 0.2) is 0 Å². The maximum atomic E-state index is 12.2. The van der Waals surface area contributed by atoms with Crippen LogP contribution >= 0.6 is 0 Å². The zero-order chi connectivity index (χ0) is 16.3. The number of benzene rings is 2. The summed E-state index contributed by atoms with van der Waals surface area (Å²) < 4.78 is 31.3. The maximum Gasteiger partial charge on any atom is 0.337 e. The minimum atomic E-state index is -3.82. The first-order valence-electron chi connectivity index (χ1n) is 6.34. The minimum Gasteiger partial charge on any atom is -0.506 e. The fourth-order valence-electron chi connectivity index (χ4n) is 1.78. The zero-order valence-corrected chi connectivity index (χ0v) is 12.8. The van der Waals surface area contributed by atoms with E-state index in [0.717, 1.165) is 11.6 Å². The van der Waals surface area contributed by atoms with E-state index in [1.165, 1.54) is 31.4 Å². The second-order valence-corrected chi connectivity index (χ2v) is 6.32. The Balaban J connectivity index is 2.30. The van der Waals surface area contributed by atoms with E-state index in [9.17, 15) is 18.3 Å². The number of hydrogen-bond acceptors (Lipinski definition) is 5. The van der Waals surface area contributed by atoms with Crippen molar-refractivity contribution in [2.75, 3.05) is 11.8 Å². The quantitative estimate of drug-likeness (QED) is 0.666. The topological polar surface area (TPSA) is 92.7 Å². The summed E-state index contributed by atoms with van der Waals surface area (Å²) in [5.74, 6) is -0.984. The summed E-state index contributed by atoms with van der Waals surface area (Å²) >= 11 is 0. The molecule has 0 atom stereocenters. The molecule has 2 aromatic rings. The molecule has 2 N–H and O–H groups in total. The van der Waals surface area contributed by atoms with Gasteiger partial charge in [-0.3, -0.25) is 4.72 Å². The molecule has 0 aliphatic rings. The summed E-state index contributed by atoms with van der Waals surface area (Å²) in [6.07, 6.45) is 0. The first-order chi connectivity index (χ1) is 10.3. The number of phenolic OH excluding ortho intramolecular Hbond substituents is 1. The molecule has 6 nitrogen and oxygen atoms in total. The predicted octanol–water partition coefficient (Wildman–Crippen LogP) is 2.29. The van der Waals surface area contributed by atoms with Gasteiger partial charge >= 0.3 is 5.97 Å².